The maximum atomic E-state index is 13.2. The third-order valence-electron chi connectivity index (χ3n) is 5.46. The van der Waals surface area contributed by atoms with E-state index in [1.54, 1.807) is 0 Å². The van der Waals surface area contributed by atoms with Crippen LogP contribution in [0.5, 0.6) is 5.75 Å². The molecule has 0 saturated carbocycles. The van der Waals surface area contributed by atoms with Gasteiger partial charge in [-0.3, -0.25) is 9.69 Å². The maximum absolute atomic E-state index is 13.2. The summed E-state index contributed by atoms with van der Waals surface area (Å²) in [5.41, 5.74) is 1.96. The molecule has 2 heterocycles. The molecule has 1 atom stereocenters. The van der Waals surface area contributed by atoms with Crippen LogP contribution in [0.3, 0.4) is 0 Å². The Bertz CT molecular complexity index is 683. The number of urea groups is 1. The van der Waals surface area contributed by atoms with Crippen molar-refractivity contribution < 1.29 is 14.3 Å². The molecular formula is C21H31N3O3. The molecule has 1 aromatic carbocycles. The number of amides is 3. The predicted octanol–water partition coefficient (Wildman–Crippen LogP) is 3.33. The van der Waals surface area contributed by atoms with E-state index < -0.39 is 0 Å². The predicted molar refractivity (Wildman–Crippen MR) is 106 cm³/mol. The van der Waals surface area contributed by atoms with Crippen LogP contribution in [0, 0.1) is 12.8 Å². The first-order valence-corrected chi connectivity index (χ1v) is 10.1. The van der Waals surface area contributed by atoms with Crippen molar-refractivity contribution in [2.24, 2.45) is 5.92 Å². The molecule has 6 nitrogen and oxygen atoms in total. The highest BCUT2D eigenvalue weighted by atomic mass is 16.5. The lowest BCUT2D eigenvalue weighted by Crippen LogP contribution is -2.52. The zero-order valence-corrected chi connectivity index (χ0v) is 16.7. The summed E-state index contributed by atoms with van der Waals surface area (Å²) in [6, 6.07) is 6.01. The second-order valence-corrected chi connectivity index (χ2v) is 7.56. The lowest BCUT2D eigenvalue weighted by atomic mass is 9.96. The molecule has 2 aliphatic heterocycles. The Morgan fingerprint density at radius 3 is 2.63 bits per heavy atom. The molecular weight excluding hydrogens is 342 g/mol. The highest BCUT2D eigenvalue weighted by Gasteiger charge is 2.34. The van der Waals surface area contributed by atoms with Crippen LogP contribution in [0.4, 0.5) is 10.5 Å². The van der Waals surface area contributed by atoms with Crippen LogP contribution >= 0.6 is 0 Å². The number of piperidine rings is 1. The Labute approximate surface area is 161 Å². The second-order valence-electron chi connectivity index (χ2n) is 7.56. The monoisotopic (exact) mass is 373 g/mol. The SMILES string of the molecule is CCCNC(=O)C1CCN(C(=O)N2CC(CC)Oc3ccc(C)cc32)CC1. The summed E-state index contributed by atoms with van der Waals surface area (Å²) in [5.74, 6) is 0.923. The Kier molecular flexibility index (Phi) is 6.24. The number of anilines is 1. The van der Waals surface area contributed by atoms with Crippen LogP contribution in [0.2, 0.25) is 0 Å². The van der Waals surface area contributed by atoms with Gasteiger partial charge in [-0.1, -0.05) is 19.9 Å². The number of carbonyl (C=O) groups excluding carboxylic acids is 2. The van der Waals surface area contributed by atoms with E-state index in [1.165, 1.54) is 0 Å². The summed E-state index contributed by atoms with van der Waals surface area (Å²) in [5, 5.41) is 2.97. The number of carbonyl (C=O) groups is 2. The van der Waals surface area contributed by atoms with E-state index in [9.17, 15) is 9.59 Å². The van der Waals surface area contributed by atoms with Crippen molar-refractivity contribution in [3.05, 3.63) is 23.8 Å². The number of hydrogen-bond acceptors (Lipinski definition) is 3. The van der Waals surface area contributed by atoms with Gasteiger partial charge in [-0.05, 0) is 50.3 Å². The van der Waals surface area contributed by atoms with Crippen LogP contribution in [0.15, 0.2) is 18.2 Å². The first kappa shape index (κ1) is 19.5. The summed E-state index contributed by atoms with van der Waals surface area (Å²) in [7, 11) is 0. The summed E-state index contributed by atoms with van der Waals surface area (Å²) < 4.78 is 6.02. The topological polar surface area (TPSA) is 61.9 Å². The number of ether oxygens (including phenoxy) is 1. The van der Waals surface area contributed by atoms with Crippen molar-refractivity contribution in [3.63, 3.8) is 0 Å². The largest absolute Gasteiger partial charge is 0.486 e. The molecule has 0 radical (unpaired) electrons. The van der Waals surface area contributed by atoms with Gasteiger partial charge < -0.3 is 15.0 Å². The molecule has 2 aliphatic rings. The van der Waals surface area contributed by atoms with Crippen LogP contribution in [0.25, 0.3) is 0 Å². The van der Waals surface area contributed by atoms with E-state index in [2.05, 4.69) is 12.2 Å². The number of benzene rings is 1. The Balaban J connectivity index is 1.68. The van der Waals surface area contributed by atoms with Crippen LogP contribution in [-0.2, 0) is 4.79 Å². The summed E-state index contributed by atoms with van der Waals surface area (Å²) >= 11 is 0. The van der Waals surface area contributed by atoms with Gasteiger partial charge in [0.25, 0.3) is 0 Å². The average Bonchev–Trinajstić information content (AvgIpc) is 2.70. The van der Waals surface area contributed by atoms with Crippen molar-refractivity contribution in [2.45, 2.75) is 52.6 Å². The van der Waals surface area contributed by atoms with E-state index in [-0.39, 0.29) is 24.0 Å². The fourth-order valence-corrected chi connectivity index (χ4v) is 3.75. The lowest BCUT2D eigenvalue weighted by Gasteiger charge is -2.39. The number of nitrogens with zero attached hydrogens (tertiary/aromatic N) is 2. The van der Waals surface area contributed by atoms with Crippen molar-refractivity contribution in [1.29, 1.82) is 0 Å². The van der Waals surface area contributed by atoms with Gasteiger partial charge in [-0.25, -0.2) is 4.79 Å². The Morgan fingerprint density at radius 2 is 1.96 bits per heavy atom. The van der Waals surface area contributed by atoms with E-state index >= 15 is 0 Å². The minimum Gasteiger partial charge on any atom is -0.486 e. The number of rotatable bonds is 4. The third-order valence-corrected chi connectivity index (χ3v) is 5.46. The molecule has 3 rings (SSSR count). The zero-order chi connectivity index (χ0) is 19.4. The molecule has 27 heavy (non-hydrogen) atoms. The van der Waals surface area contributed by atoms with Gasteiger partial charge in [0.1, 0.15) is 11.9 Å². The molecule has 1 saturated heterocycles. The standard InChI is InChI=1S/C21H31N3O3/c1-4-10-22-20(25)16-8-11-23(12-9-16)21(26)24-14-17(5-2)27-19-7-6-15(3)13-18(19)24/h6-7,13,16-17H,4-5,8-12,14H2,1-3H3,(H,22,25). The van der Waals surface area contributed by atoms with Crippen molar-refractivity contribution >= 4 is 17.6 Å². The third kappa shape index (κ3) is 4.37. The van der Waals surface area contributed by atoms with Crippen molar-refractivity contribution in [2.75, 3.05) is 31.1 Å². The van der Waals surface area contributed by atoms with Crippen LogP contribution in [0.1, 0.15) is 45.1 Å². The number of aryl methyl sites for hydroxylation is 1. The molecule has 0 bridgehead atoms. The second kappa shape index (κ2) is 8.63. The molecule has 1 fully saturated rings. The molecule has 148 valence electrons. The number of nitrogens with one attached hydrogen (secondary N) is 1. The number of likely N-dealkylation sites (tertiary alicyclic amines) is 1. The normalized spacial score (nSPS) is 20.0. The molecule has 1 aromatic rings. The van der Waals surface area contributed by atoms with E-state index in [1.807, 2.05) is 41.8 Å². The highest BCUT2D eigenvalue weighted by Crippen LogP contribution is 2.36. The molecule has 0 spiro atoms. The van der Waals surface area contributed by atoms with Gasteiger partial charge >= 0.3 is 6.03 Å². The van der Waals surface area contributed by atoms with E-state index in [0.717, 1.165) is 49.2 Å². The Hall–Kier alpha value is -2.24. The van der Waals surface area contributed by atoms with Crippen molar-refractivity contribution in [3.8, 4) is 5.75 Å². The van der Waals surface area contributed by atoms with E-state index in [4.69, 9.17) is 4.74 Å². The maximum Gasteiger partial charge on any atom is 0.324 e. The van der Waals surface area contributed by atoms with Gasteiger partial charge in [-0.2, -0.15) is 0 Å². The molecule has 6 heteroatoms. The molecule has 3 amide bonds. The number of hydrogen-bond donors (Lipinski definition) is 1. The summed E-state index contributed by atoms with van der Waals surface area (Å²) in [4.78, 5) is 29.2. The van der Waals surface area contributed by atoms with Gasteiger partial charge in [0.05, 0.1) is 12.2 Å². The molecule has 1 N–H and O–H groups in total. The molecule has 0 aliphatic carbocycles. The van der Waals surface area contributed by atoms with Gasteiger partial charge in [0.2, 0.25) is 5.91 Å². The smallest absolute Gasteiger partial charge is 0.324 e. The number of fused-ring (bicyclic) bond motifs is 1. The summed E-state index contributed by atoms with van der Waals surface area (Å²) in [6.45, 7) is 8.69. The fraction of sp³-hybridized carbons (Fsp3) is 0.619. The molecule has 0 aromatic heterocycles. The van der Waals surface area contributed by atoms with Crippen molar-refractivity contribution in [1.82, 2.24) is 10.2 Å². The van der Waals surface area contributed by atoms with Crippen LogP contribution in [-0.4, -0.2) is 49.1 Å². The average molecular weight is 373 g/mol. The Morgan fingerprint density at radius 1 is 1.22 bits per heavy atom. The highest BCUT2D eigenvalue weighted by molar-refractivity contribution is 5.94. The first-order chi connectivity index (χ1) is 13.0. The first-order valence-electron chi connectivity index (χ1n) is 10.1. The zero-order valence-electron chi connectivity index (χ0n) is 16.7. The van der Waals surface area contributed by atoms with Gasteiger partial charge in [-0.15, -0.1) is 0 Å². The van der Waals surface area contributed by atoms with Gasteiger partial charge in [0, 0.05) is 25.6 Å². The minimum absolute atomic E-state index is 0.0153. The van der Waals surface area contributed by atoms with E-state index in [0.29, 0.717) is 19.6 Å². The summed E-state index contributed by atoms with van der Waals surface area (Å²) in [6.07, 6.45) is 3.27. The fourth-order valence-electron chi connectivity index (χ4n) is 3.75. The quantitative estimate of drug-likeness (QED) is 0.881. The van der Waals surface area contributed by atoms with Gasteiger partial charge in [0.15, 0.2) is 0 Å². The van der Waals surface area contributed by atoms with Crippen LogP contribution < -0.4 is 15.0 Å². The minimum atomic E-state index is 0.0153. The lowest BCUT2D eigenvalue weighted by molar-refractivity contribution is -0.126. The molecule has 1 unspecified atom stereocenters.